The standard InChI is InChI=1S/C20H30O/c1-3-5-6-7-8-9-10-11-12-13-20(21)19-16-14-18(4-2)15-17-19/h2,14-17,20-21H,3,5-13H2,1H3. The van der Waals surface area contributed by atoms with E-state index in [-0.39, 0.29) is 6.10 Å². The minimum atomic E-state index is -0.346. The number of aliphatic hydroxyl groups excluding tert-OH is 1. The van der Waals surface area contributed by atoms with Crippen LogP contribution in [0.3, 0.4) is 0 Å². The van der Waals surface area contributed by atoms with Crippen LogP contribution in [0.2, 0.25) is 0 Å². The summed E-state index contributed by atoms with van der Waals surface area (Å²) < 4.78 is 0. The summed E-state index contributed by atoms with van der Waals surface area (Å²) >= 11 is 0. The Morgan fingerprint density at radius 1 is 0.905 bits per heavy atom. The summed E-state index contributed by atoms with van der Waals surface area (Å²) in [5.41, 5.74) is 1.85. The van der Waals surface area contributed by atoms with Gasteiger partial charge in [0.25, 0.3) is 0 Å². The lowest BCUT2D eigenvalue weighted by Gasteiger charge is -2.11. The highest BCUT2D eigenvalue weighted by atomic mass is 16.3. The van der Waals surface area contributed by atoms with Crippen LogP contribution in [0.25, 0.3) is 0 Å². The molecule has 0 aromatic heterocycles. The van der Waals surface area contributed by atoms with E-state index in [1.807, 2.05) is 24.3 Å². The van der Waals surface area contributed by atoms with Gasteiger partial charge in [-0.2, -0.15) is 0 Å². The molecule has 0 bridgehead atoms. The lowest BCUT2D eigenvalue weighted by atomic mass is 10.0. The fraction of sp³-hybridized carbons (Fsp3) is 0.600. The minimum absolute atomic E-state index is 0.346. The van der Waals surface area contributed by atoms with Gasteiger partial charge in [-0.3, -0.25) is 0 Å². The van der Waals surface area contributed by atoms with E-state index in [0.717, 1.165) is 24.0 Å². The molecule has 1 rings (SSSR count). The van der Waals surface area contributed by atoms with Gasteiger partial charge in [0.1, 0.15) is 0 Å². The second-order valence-electron chi connectivity index (χ2n) is 5.90. The number of benzene rings is 1. The van der Waals surface area contributed by atoms with Gasteiger partial charge in [0.15, 0.2) is 0 Å². The zero-order chi connectivity index (χ0) is 15.3. The summed E-state index contributed by atoms with van der Waals surface area (Å²) in [6.45, 7) is 2.26. The molecule has 0 saturated carbocycles. The highest BCUT2D eigenvalue weighted by molar-refractivity contribution is 5.34. The molecule has 1 N–H and O–H groups in total. The van der Waals surface area contributed by atoms with Gasteiger partial charge in [0.05, 0.1) is 6.10 Å². The zero-order valence-electron chi connectivity index (χ0n) is 13.5. The smallest absolute Gasteiger partial charge is 0.0790 e. The Morgan fingerprint density at radius 2 is 1.43 bits per heavy atom. The number of unbranched alkanes of at least 4 members (excludes halogenated alkanes) is 8. The number of hydrogen-bond donors (Lipinski definition) is 1. The second-order valence-corrected chi connectivity index (χ2v) is 5.90. The highest BCUT2D eigenvalue weighted by Crippen LogP contribution is 2.20. The van der Waals surface area contributed by atoms with Crippen molar-refractivity contribution in [2.24, 2.45) is 0 Å². The summed E-state index contributed by atoms with van der Waals surface area (Å²) in [5, 5.41) is 10.1. The maximum absolute atomic E-state index is 10.1. The first-order valence-corrected chi connectivity index (χ1v) is 8.52. The van der Waals surface area contributed by atoms with Crippen LogP contribution in [0.15, 0.2) is 24.3 Å². The Morgan fingerprint density at radius 3 is 1.95 bits per heavy atom. The average molecular weight is 286 g/mol. The van der Waals surface area contributed by atoms with Crippen LogP contribution in [-0.2, 0) is 0 Å². The molecule has 1 atom stereocenters. The number of rotatable bonds is 11. The SMILES string of the molecule is C#Cc1ccc(C(O)CCCCCCCCCCC)cc1. The van der Waals surface area contributed by atoms with Crippen molar-refractivity contribution in [1.82, 2.24) is 0 Å². The third-order valence-electron chi connectivity index (χ3n) is 4.04. The van der Waals surface area contributed by atoms with Crippen LogP contribution in [0.4, 0.5) is 0 Å². The number of terminal acetylenes is 1. The van der Waals surface area contributed by atoms with Gasteiger partial charge in [-0.05, 0) is 24.1 Å². The van der Waals surface area contributed by atoms with Crippen LogP contribution < -0.4 is 0 Å². The van der Waals surface area contributed by atoms with Gasteiger partial charge < -0.3 is 5.11 Å². The maximum Gasteiger partial charge on any atom is 0.0790 e. The Labute approximate surface area is 130 Å². The molecular formula is C20H30O. The van der Waals surface area contributed by atoms with E-state index < -0.39 is 0 Å². The van der Waals surface area contributed by atoms with Crippen molar-refractivity contribution < 1.29 is 5.11 Å². The topological polar surface area (TPSA) is 20.2 Å². The predicted octanol–water partition coefficient (Wildman–Crippen LogP) is 5.62. The third-order valence-corrected chi connectivity index (χ3v) is 4.04. The van der Waals surface area contributed by atoms with Crippen LogP contribution in [-0.4, -0.2) is 5.11 Å². The molecule has 1 heteroatoms. The molecule has 21 heavy (non-hydrogen) atoms. The molecular weight excluding hydrogens is 256 g/mol. The van der Waals surface area contributed by atoms with Crippen molar-refractivity contribution in [2.45, 2.75) is 77.2 Å². The minimum Gasteiger partial charge on any atom is -0.388 e. The van der Waals surface area contributed by atoms with Gasteiger partial charge in [0, 0.05) is 5.56 Å². The van der Waals surface area contributed by atoms with E-state index in [2.05, 4.69) is 12.8 Å². The molecule has 0 fully saturated rings. The van der Waals surface area contributed by atoms with E-state index in [0.29, 0.717) is 0 Å². The predicted molar refractivity (Wildman–Crippen MR) is 91.2 cm³/mol. The molecule has 116 valence electrons. The van der Waals surface area contributed by atoms with E-state index in [1.54, 1.807) is 0 Å². The Hall–Kier alpha value is -1.26. The van der Waals surface area contributed by atoms with Crippen LogP contribution in [0.5, 0.6) is 0 Å². The Balaban J connectivity index is 2.05. The molecule has 1 aromatic rings. The summed E-state index contributed by atoms with van der Waals surface area (Å²) in [5.74, 6) is 2.60. The fourth-order valence-electron chi connectivity index (χ4n) is 2.62. The molecule has 0 saturated heterocycles. The Kier molecular flexibility index (Phi) is 9.66. The van der Waals surface area contributed by atoms with E-state index >= 15 is 0 Å². The van der Waals surface area contributed by atoms with Gasteiger partial charge in [-0.15, -0.1) is 6.42 Å². The van der Waals surface area contributed by atoms with Gasteiger partial charge in [-0.25, -0.2) is 0 Å². The van der Waals surface area contributed by atoms with Crippen molar-refractivity contribution in [2.75, 3.05) is 0 Å². The zero-order valence-corrected chi connectivity index (χ0v) is 13.5. The van der Waals surface area contributed by atoms with Gasteiger partial charge in [-0.1, -0.05) is 82.8 Å². The third kappa shape index (κ3) is 7.93. The van der Waals surface area contributed by atoms with Crippen LogP contribution >= 0.6 is 0 Å². The summed E-state index contributed by atoms with van der Waals surface area (Å²) in [6, 6.07) is 7.67. The molecule has 0 heterocycles. The molecule has 1 nitrogen and oxygen atoms in total. The quantitative estimate of drug-likeness (QED) is 0.413. The number of hydrogen-bond acceptors (Lipinski definition) is 1. The Bertz CT molecular complexity index is 399. The molecule has 0 radical (unpaired) electrons. The fourth-order valence-corrected chi connectivity index (χ4v) is 2.62. The normalized spacial score (nSPS) is 12.0. The van der Waals surface area contributed by atoms with Crippen molar-refractivity contribution >= 4 is 0 Å². The number of aliphatic hydroxyl groups is 1. The van der Waals surface area contributed by atoms with Crippen molar-refractivity contribution in [1.29, 1.82) is 0 Å². The second kappa shape index (κ2) is 11.4. The van der Waals surface area contributed by atoms with Gasteiger partial charge in [0.2, 0.25) is 0 Å². The first-order chi connectivity index (χ1) is 10.3. The molecule has 1 unspecified atom stereocenters. The van der Waals surface area contributed by atoms with Crippen molar-refractivity contribution in [3.05, 3.63) is 35.4 Å². The first-order valence-electron chi connectivity index (χ1n) is 8.52. The van der Waals surface area contributed by atoms with E-state index in [4.69, 9.17) is 6.42 Å². The molecule has 1 aromatic carbocycles. The summed E-state index contributed by atoms with van der Waals surface area (Å²) in [4.78, 5) is 0. The molecule has 0 spiro atoms. The molecule has 0 aliphatic heterocycles. The maximum atomic E-state index is 10.1. The lowest BCUT2D eigenvalue weighted by molar-refractivity contribution is 0.163. The monoisotopic (exact) mass is 286 g/mol. The van der Waals surface area contributed by atoms with Gasteiger partial charge >= 0.3 is 0 Å². The largest absolute Gasteiger partial charge is 0.388 e. The highest BCUT2D eigenvalue weighted by Gasteiger charge is 2.06. The first kappa shape index (κ1) is 17.8. The van der Waals surface area contributed by atoms with Crippen molar-refractivity contribution in [3.8, 4) is 12.3 Å². The van der Waals surface area contributed by atoms with E-state index in [1.165, 1.54) is 51.4 Å². The molecule has 0 aliphatic carbocycles. The van der Waals surface area contributed by atoms with Crippen LogP contribution in [0.1, 0.15) is 88.4 Å². The lowest BCUT2D eigenvalue weighted by Crippen LogP contribution is -1.97. The van der Waals surface area contributed by atoms with E-state index in [9.17, 15) is 5.11 Å². The molecule has 0 amide bonds. The molecule has 0 aliphatic rings. The van der Waals surface area contributed by atoms with Crippen molar-refractivity contribution in [3.63, 3.8) is 0 Å². The summed E-state index contributed by atoms with van der Waals surface area (Å²) in [7, 11) is 0. The van der Waals surface area contributed by atoms with Crippen LogP contribution in [0, 0.1) is 12.3 Å². The summed E-state index contributed by atoms with van der Waals surface area (Å²) in [6.07, 6.45) is 17.7. The average Bonchev–Trinajstić information content (AvgIpc) is 2.53.